The summed E-state index contributed by atoms with van der Waals surface area (Å²) in [6, 6.07) is 12.1. The number of hydrogen-bond acceptors (Lipinski definition) is 5. The number of aromatic nitrogens is 1. The predicted octanol–water partition coefficient (Wildman–Crippen LogP) is 3.54. The number of nitrogens with zero attached hydrogens (tertiary/aromatic N) is 1. The van der Waals surface area contributed by atoms with Crippen molar-refractivity contribution in [2.75, 3.05) is 24.7 Å². The van der Waals surface area contributed by atoms with E-state index < -0.39 is 0 Å². The van der Waals surface area contributed by atoms with Gasteiger partial charge in [-0.15, -0.1) is 11.3 Å². The van der Waals surface area contributed by atoms with Crippen LogP contribution in [-0.2, 0) is 6.42 Å². The van der Waals surface area contributed by atoms with Crippen LogP contribution >= 0.6 is 11.3 Å². The van der Waals surface area contributed by atoms with Crippen molar-refractivity contribution in [3.63, 3.8) is 0 Å². The molecule has 0 aliphatic carbocycles. The van der Waals surface area contributed by atoms with E-state index in [9.17, 15) is 0 Å². The van der Waals surface area contributed by atoms with E-state index in [-0.39, 0.29) is 0 Å². The zero-order valence-electron chi connectivity index (χ0n) is 11.8. The second kappa shape index (κ2) is 6.01. The number of nitrogen functional groups attached to an aromatic ring is 1. The maximum absolute atomic E-state index is 6.16. The molecule has 108 valence electrons. The average molecular weight is 299 g/mol. The number of methoxy groups -OCH3 is 1. The van der Waals surface area contributed by atoms with Crippen LogP contribution in [-0.4, -0.2) is 18.6 Å². The summed E-state index contributed by atoms with van der Waals surface area (Å²) in [5, 5.41) is 3.38. The minimum absolute atomic E-state index is 0.716. The molecular formula is C16H17N3OS. The topological polar surface area (TPSA) is 60.2 Å². The van der Waals surface area contributed by atoms with E-state index in [1.165, 1.54) is 5.56 Å². The molecule has 3 aromatic rings. The largest absolute Gasteiger partial charge is 0.496 e. The number of benzene rings is 2. The van der Waals surface area contributed by atoms with Crippen LogP contribution in [0.5, 0.6) is 5.75 Å². The van der Waals surface area contributed by atoms with Crippen molar-refractivity contribution in [1.29, 1.82) is 0 Å². The van der Waals surface area contributed by atoms with Crippen LogP contribution in [0.3, 0.4) is 0 Å². The molecule has 0 fully saturated rings. The molecule has 1 aromatic heterocycles. The Morgan fingerprint density at radius 1 is 1.24 bits per heavy atom. The first-order chi connectivity index (χ1) is 10.3. The molecule has 0 saturated carbocycles. The van der Waals surface area contributed by atoms with E-state index in [1.807, 2.05) is 29.8 Å². The Labute approximate surface area is 127 Å². The Balaban J connectivity index is 1.70. The highest BCUT2D eigenvalue weighted by Crippen LogP contribution is 2.30. The molecule has 0 amide bonds. The summed E-state index contributed by atoms with van der Waals surface area (Å²) >= 11 is 1.60. The van der Waals surface area contributed by atoms with Gasteiger partial charge < -0.3 is 15.8 Å². The summed E-state index contributed by atoms with van der Waals surface area (Å²) in [5.74, 6) is 0.919. The summed E-state index contributed by atoms with van der Waals surface area (Å²) in [7, 11) is 1.69. The van der Waals surface area contributed by atoms with Crippen LogP contribution in [0.25, 0.3) is 10.2 Å². The Kier molecular flexibility index (Phi) is 3.92. The van der Waals surface area contributed by atoms with Crippen LogP contribution in [0.4, 0.5) is 11.4 Å². The molecule has 1 heterocycles. The number of nitrogens with one attached hydrogen (secondary N) is 1. The van der Waals surface area contributed by atoms with Gasteiger partial charge in [0.25, 0.3) is 0 Å². The Bertz CT molecular complexity index is 754. The fourth-order valence-electron chi connectivity index (χ4n) is 2.35. The van der Waals surface area contributed by atoms with Gasteiger partial charge in [0.1, 0.15) is 11.3 Å². The lowest BCUT2D eigenvalue weighted by Crippen LogP contribution is -2.07. The van der Waals surface area contributed by atoms with Crippen molar-refractivity contribution >= 4 is 32.9 Å². The molecule has 0 unspecified atom stereocenters. The monoisotopic (exact) mass is 299 g/mol. The Hall–Kier alpha value is -2.27. The average Bonchev–Trinajstić information content (AvgIpc) is 2.99. The van der Waals surface area contributed by atoms with Crippen molar-refractivity contribution in [3.05, 3.63) is 47.5 Å². The van der Waals surface area contributed by atoms with Crippen molar-refractivity contribution in [3.8, 4) is 5.75 Å². The molecule has 0 aliphatic rings. The van der Waals surface area contributed by atoms with Gasteiger partial charge in [-0.3, -0.25) is 0 Å². The quantitative estimate of drug-likeness (QED) is 0.707. The van der Waals surface area contributed by atoms with Gasteiger partial charge in [-0.2, -0.15) is 0 Å². The third-order valence-corrected chi connectivity index (χ3v) is 4.24. The third kappa shape index (κ3) is 2.78. The van der Waals surface area contributed by atoms with Crippen molar-refractivity contribution in [1.82, 2.24) is 4.98 Å². The molecule has 0 atom stereocenters. The summed E-state index contributed by atoms with van der Waals surface area (Å²) in [5.41, 5.74) is 11.7. The molecule has 0 bridgehead atoms. The standard InChI is InChI=1S/C16H17N3OS/c1-20-13-5-3-2-4-11(13)8-9-18-12-6-7-14-16(15(12)17)19-10-21-14/h2-7,10,18H,8-9,17H2,1H3. The van der Waals surface area contributed by atoms with Gasteiger partial charge in [0.15, 0.2) is 0 Å². The van der Waals surface area contributed by atoms with Gasteiger partial charge >= 0.3 is 0 Å². The zero-order valence-corrected chi connectivity index (χ0v) is 12.6. The Morgan fingerprint density at radius 3 is 2.95 bits per heavy atom. The molecule has 21 heavy (non-hydrogen) atoms. The molecule has 4 nitrogen and oxygen atoms in total. The van der Waals surface area contributed by atoms with Crippen LogP contribution in [0.1, 0.15) is 5.56 Å². The molecule has 3 rings (SSSR count). The van der Waals surface area contributed by atoms with Crippen molar-refractivity contribution in [2.45, 2.75) is 6.42 Å². The highest BCUT2D eigenvalue weighted by molar-refractivity contribution is 7.16. The number of fused-ring (bicyclic) bond motifs is 1. The van der Waals surface area contributed by atoms with Crippen molar-refractivity contribution < 1.29 is 4.74 Å². The first-order valence-corrected chi connectivity index (χ1v) is 7.65. The fraction of sp³-hybridized carbons (Fsp3) is 0.188. The van der Waals surface area contributed by atoms with E-state index in [1.54, 1.807) is 18.4 Å². The molecule has 0 saturated heterocycles. The van der Waals surface area contributed by atoms with Crippen molar-refractivity contribution in [2.24, 2.45) is 0 Å². The second-order valence-corrected chi connectivity index (χ2v) is 5.60. The predicted molar refractivity (Wildman–Crippen MR) is 89.2 cm³/mol. The summed E-state index contributed by atoms with van der Waals surface area (Å²) in [4.78, 5) is 4.31. The van der Waals surface area contributed by atoms with Crippen LogP contribution in [0.15, 0.2) is 41.9 Å². The lowest BCUT2D eigenvalue weighted by molar-refractivity contribution is 0.410. The fourth-order valence-corrected chi connectivity index (χ4v) is 3.04. The third-order valence-electron chi connectivity index (χ3n) is 3.44. The molecule has 0 aliphatic heterocycles. The minimum Gasteiger partial charge on any atom is -0.496 e. The van der Waals surface area contributed by atoms with Crippen LogP contribution < -0.4 is 15.8 Å². The van der Waals surface area contributed by atoms with E-state index >= 15 is 0 Å². The molecular weight excluding hydrogens is 282 g/mol. The van der Waals surface area contributed by atoms with E-state index in [4.69, 9.17) is 10.5 Å². The number of nitrogens with two attached hydrogens (primary N) is 1. The first kappa shape index (κ1) is 13.7. The van der Waals surface area contributed by atoms with E-state index in [2.05, 4.69) is 22.4 Å². The normalized spacial score (nSPS) is 10.7. The van der Waals surface area contributed by atoms with Crippen LogP contribution in [0, 0.1) is 0 Å². The zero-order chi connectivity index (χ0) is 14.7. The summed E-state index contributed by atoms with van der Waals surface area (Å²) < 4.78 is 6.47. The van der Waals surface area contributed by atoms with Gasteiger partial charge in [0.05, 0.1) is 28.7 Å². The molecule has 5 heteroatoms. The maximum Gasteiger partial charge on any atom is 0.122 e. The number of hydrogen-bond donors (Lipinski definition) is 2. The summed E-state index contributed by atoms with van der Waals surface area (Å²) in [6.45, 7) is 0.792. The van der Waals surface area contributed by atoms with Gasteiger partial charge in [-0.05, 0) is 30.2 Å². The molecule has 0 radical (unpaired) electrons. The molecule has 2 aromatic carbocycles. The van der Waals surface area contributed by atoms with Gasteiger partial charge in [0.2, 0.25) is 0 Å². The van der Waals surface area contributed by atoms with Crippen LogP contribution in [0.2, 0.25) is 0 Å². The highest BCUT2D eigenvalue weighted by Gasteiger charge is 2.07. The van der Waals surface area contributed by atoms with Gasteiger partial charge in [0, 0.05) is 6.54 Å². The lowest BCUT2D eigenvalue weighted by Gasteiger charge is -2.11. The second-order valence-electron chi connectivity index (χ2n) is 4.71. The number of thiazole rings is 1. The highest BCUT2D eigenvalue weighted by atomic mass is 32.1. The molecule has 0 spiro atoms. The van der Waals surface area contributed by atoms with Gasteiger partial charge in [-0.1, -0.05) is 18.2 Å². The summed E-state index contributed by atoms with van der Waals surface area (Å²) in [6.07, 6.45) is 0.874. The Morgan fingerprint density at radius 2 is 2.10 bits per heavy atom. The number of anilines is 2. The minimum atomic E-state index is 0.716. The first-order valence-electron chi connectivity index (χ1n) is 6.77. The number of ether oxygens (including phenoxy) is 1. The maximum atomic E-state index is 6.16. The lowest BCUT2D eigenvalue weighted by atomic mass is 10.1. The number of para-hydroxylation sites is 1. The van der Waals surface area contributed by atoms with Gasteiger partial charge in [-0.25, -0.2) is 4.98 Å². The SMILES string of the molecule is COc1ccccc1CCNc1ccc2scnc2c1N. The van der Waals surface area contributed by atoms with E-state index in [0.29, 0.717) is 5.69 Å². The van der Waals surface area contributed by atoms with E-state index in [0.717, 1.165) is 34.6 Å². The smallest absolute Gasteiger partial charge is 0.122 e. The number of rotatable bonds is 5. The molecule has 3 N–H and O–H groups in total.